The van der Waals surface area contributed by atoms with E-state index in [1.54, 1.807) is 4.90 Å². The number of fused-ring (bicyclic) bond motifs is 1. The van der Waals surface area contributed by atoms with Crippen molar-refractivity contribution >= 4 is 5.91 Å². The van der Waals surface area contributed by atoms with Crippen LogP contribution in [0.25, 0.3) is 0 Å². The van der Waals surface area contributed by atoms with Gasteiger partial charge in [0.25, 0.3) is 0 Å². The number of aromatic nitrogens is 3. The van der Waals surface area contributed by atoms with Gasteiger partial charge in [-0.25, -0.2) is 0 Å². The second-order valence-corrected chi connectivity index (χ2v) is 5.34. The van der Waals surface area contributed by atoms with Crippen molar-refractivity contribution in [2.24, 2.45) is 5.92 Å². The molecule has 2 rings (SSSR count). The van der Waals surface area contributed by atoms with Gasteiger partial charge in [-0.3, -0.25) is 4.79 Å². The third kappa shape index (κ3) is 2.71. The molecule has 1 aliphatic heterocycles. The fourth-order valence-corrected chi connectivity index (χ4v) is 2.39. The molecule has 0 atom stereocenters. The Kier molecular flexibility index (Phi) is 3.99. The normalized spacial score (nSPS) is 15.3. The van der Waals surface area contributed by atoms with Crippen LogP contribution in [0, 0.1) is 5.92 Å². The van der Waals surface area contributed by atoms with Gasteiger partial charge in [-0.2, -0.15) is 0 Å². The highest BCUT2D eigenvalue weighted by Gasteiger charge is 2.19. The molecule has 0 unspecified atom stereocenters. The zero-order valence-electron chi connectivity index (χ0n) is 11.5. The van der Waals surface area contributed by atoms with E-state index in [1.807, 2.05) is 20.9 Å². The molecule has 0 N–H and O–H groups in total. The van der Waals surface area contributed by atoms with E-state index >= 15 is 0 Å². The molecule has 2 heterocycles. The van der Waals surface area contributed by atoms with Crippen molar-refractivity contribution < 1.29 is 4.79 Å². The third-order valence-corrected chi connectivity index (χ3v) is 3.43. The van der Waals surface area contributed by atoms with Crippen LogP contribution in [0.2, 0.25) is 0 Å². The molecule has 5 heteroatoms. The first kappa shape index (κ1) is 13.1. The average molecular weight is 250 g/mol. The molecular weight excluding hydrogens is 228 g/mol. The number of rotatable bonds is 3. The molecule has 0 saturated carbocycles. The molecule has 0 radical (unpaired) electrons. The molecule has 0 spiro atoms. The summed E-state index contributed by atoms with van der Waals surface area (Å²) in [5, 5.41) is 8.49. The Morgan fingerprint density at radius 1 is 1.33 bits per heavy atom. The van der Waals surface area contributed by atoms with Crippen molar-refractivity contribution in [3.63, 3.8) is 0 Å². The lowest BCUT2D eigenvalue weighted by Crippen LogP contribution is -2.31. The van der Waals surface area contributed by atoms with Gasteiger partial charge < -0.3 is 9.47 Å². The molecule has 0 aromatic carbocycles. The van der Waals surface area contributed by atoms with Crippen molar-refractivity contribution in [3.05, 3.63) is 11.6 Å². The Balaban J connectivity index is 2.10. The third-order valence-electron chi connectivity index (χ3n) is 3.43. The Bertz CT molecular complexity index is 425. The minimum atomic E-state index is 0.0292. The average Bonchev–Trinajstić information content (AvgIpc) is 2.58. The van der Waals surface area contributed by atoms with Crippen LogP contribution in [0.4, 0.5) is 0 Å². The maximum atomic E-state index is 11.9. The summed E-state index contributed by atoms with van der Waals surface area (Å²) in [7, 11) is 1.83. The lowest BCUT2D eigenvalue weighted by Gasteiger charge is -2.19. The lowest BCUT2D eigenvalue weighted by atomic mass is 10.2. The van der Waals surface area contributed by atoms with Gasteiger partial charge in [-0.05, 0) is 12.8 Å². The summed E-state index contributed by atoms with van der Waals surface area (Å²) >= 11 is 0. The number of carbonyl (C=O) groups is 1. The Morgan fingerprint density at radius 3 is 2.83 bits per heavy atom. The number of hydrogen-bond donors (Lipinski definition) is 0. The van der Waals surface area contributed by atoms with Gasteiger partial charge in [0.1, 0.15) is 5.82 Å². The number of nitrogens with zero attached hydrogens (tertiary/aromatic N) is 4. The number of carbonyl (C=O) groups excluding carboxylic acids is 1. The first-order valence-electron chi connectivity index (χ1n) is 6.75. The van der Waals surface area contributed by atoms with Gasteiger partial charge in [0, 0.05) is 25.9 Å². The summed E-state index contributed by atoms with van der Waals surface area (Å²) < 4.78 is 2.19. The Morgan fingerprint density at radius 2 is 2.11 bits per heavy atom. The number of hydrogen-bond acceptors (Lipinski definition) is 3. The topological polar surface area (TPSA) is 51.0 Å². The van der Waals surface area contributed by atoms with Crippen molar-refractivity contribution in [2.75, 3.05) is 7.05 Å². The van der Waals surface area contributed by atoms with Crippen molar-refractivity contribution in [2.45, 2.75) is 52.6 Å². The van der Waals surface area contributed by atoms with E-state index in [2.05, 4.69) is 14.8 Å². The largest absolute Gasteiger partial charge is 0.338 e. The Hall–Kier alpha value is -1.39. The highest BCUT2D eigenvalue weighted by Crippen LogP contribution is 2.15. The monoisotopic (exact) mass is 250 g/mol. The predicted molar refractivity (Wildman–Crippen MR) is 68.9 cm³/mol. The van der Waals surface area contributed by atoms with Crippen molar-refractivity contribution in [1.29, 1.82) is 0 Å². The van der Waals surface area contributed by atoms with Crippen LogP contribution in [0.3, 0.4) is 0 Å². The van der Waals surface area contributed by atoms with E-state index in [0.717, 1.165) is 24.6 Å². The quantitative estimate of drug-likeness (QED) is 0.819. The van der Waals surface area contributed by atoms with Crippen LogP contribution in [0.15, 0.2) is 0 Å². The van der Waals surface area contributed by atoms with Gasteiger partial charge in [0.15, 0.2) is 5.82 Å². The summed E-state index contributed by atoms with van der Waals surface area (Å²) in [5.74, 6) is 2.18. The van der Waals surface area contributed by atoms with Crippen LogP contribution < -0.4 is 0 Å². The van der Waals surface area contributed by atoms with Gasteiger partial charge in [-0.15, -0.1) is 10.2 Å². The standard InChI is InChI=1S/C13H22N4O/c1-10(2)13(18)16(3)9-12-15-14-11-7-5-4-6-8-17(11)12/h10H,4-9H2,1-3H3. The van der Waals surface area contributed by atoms with Gasteiger partial charge in [0.2, 0.25) is 5.91 Å². The zero-order chi connectivity index (χ0) is 13.1. The van der Waals surface area contributed by atoms with Crippen molar-refractivity contribution in [3.8, 4) is 0 Å². The number of amides is 1. The zero-order valence-corrected chi connectivity index (χ0v) is 11.5. The summed E-state index contributed by atoms with van der Waals surface area (Å²) in [6, 6.07) is 0. The minimum absolute atomic E-state index is 0.0292. The first-order chi connectivity index (χ1) is 8.59. The van der Waals surface area contributed by atoms with E-state index in [9.17, 15) is 4.79 Å². The minimum Gasteiger partial charge on any atom is -0.338 e. The van der Waals surface area contributed by atoms with Crippen LogP contribution in [-0.2, 0) is 24.3 Å². The molecule has 5 nitrogen and oxygen atoms in total. The Labute approximate surface area is 108 Å². The van der Waals surface area contributed by atoms with E-state index in [0.29, 0.717) is 6.54 Å². The number of aryl methyl sites for hydroxylation is 1. The summed E-state index contributed by atoms with van der Waals surface area (Å²) in [6.45, 7) is 5.39. The van der Waals surface area contributed by atoms with Crippen LogP contribution in [-0.4, -0.2) is 32.6 Å². The molecule has 0 bridgehead atoms. The van der Waals surface area contributed by atoms with Crippen LogP contribution in [0.1, 0.15) is 44.8 Å². The summed E-state index contributed by atoms with van der Waals surface area (Å²) in [4.78, 5) is 13.6. The smallest absolute Gasteiger partial charge is 0.225 e. The highest BCUT2D eigenvalue weighted by molar-refractivity contribution is 5.77. The van der Waals surface area contributed by atoms with E-state index in [4.69, 9.17) is 0 Å². The van der Waals surface area contributed by atoms with Crippen molar-refractivity contribution in [1.82, 2.24) is 19.7 Å². The molecule has 0 fully saturated rings. The highest BCUT2D eigenvalue weighted by atomic mass is 16.2. The summed E-state index contributed by atoms with van der Waals surface area (Å²) in [6.07, 6.45) is 4.64. The maximum Gasteiger partial charge on any atom is 0.225 e. The lowest BCUT2D eigenvalue weighted by molar-refractivity contribution is -0.133. The molecule has 18 heavy (non-hydrogen) atoms. The van der Waals surface area contributed by atoms with Gasteiger partial charge in [0.05, 0.1) is 6.54 Å². The van der Waals surface area contributed by atoms with E-state index in [1.165, 1.54) is 19.3 Å². The first-order valence-corrected chi connectivity index (χ1v) is 6.75. The second kappa shape index (κ2) is 5.50. The van der Waals surface area contributed by atoms with E-state index < -0.39 is 0 Å². The molecule has 1 amide bonds. The van der Waals surface area contributed by atoms with Crippen LogP contribution in [0.5, 0.6) is 0 Å². The fraction of sp³-hybridized carbons (Fsp3) is 0.769. The van der Waals surface area contributed by atoms with E-state index in [-0.39, 0.29) is 11.8 Å². The molecule has 1 aromatic heterocycles. The molecule has 100 valence electrons. The second-order valence-electron chi connectivity index (χ2n) is 5.34. The summed E-state index contributed by atoms with van der Waals surface area (Å²) in [5.41, 5.74) is 0. The van der Waals surface area contributed by atoms with Crippen LogP contribution >= 0.6 is 0 Å². The fourth-order valence-electron chi connectivity index (χ4n) is 2.39. The maximum absolute atomic E-state index is 11.9. The SMILES string of the molecule is CC(C)C(=O)N(C)Cc1nnc2n1CCCCC2. The molecule has 1 aromatic rings. The van der Waals surface area contributed by atoms with Gasteiger partial charge in [-0.1, -0.05) is 20.3 Å². The molecular formula is C13H22N4O. The molecule has 0 saturated heterocycles. The predicted octanol–water partition coefficient (Wildman–Crippen LogP) is 1.62. The molecule has 1 aliphatic rings. The molecule has 0 aliphatic carbocycles. The van der Waals surface area contributed by atoms with Gasteiger partial charge >= 0.3 is 0 Å².